The molecule has 1 amide bonds. The number of hydrogen-bond acceptors (Lipinski definition) is 5. The summed E-state index contributed by atoms with van der Waals surface area (Å²) in [5.74, 6) is 1.09. The fraction of sp³-hybridized carbons (Fsp3) is 0.400. The lowest BCUT2D eigenvalue weighted by Crippen LogP contribution is -2.29. The van der Waals surface area contributed by atoms with Crippen LogP contribution < -0.4 is 20.1 Å². The van der Waals surface area contributed by atoms with Gasteiger partial charge in [0, 0.05) is 35.5 Å². The number of likely N-dealkylation sites (tertiary alicyclic amines) is 1. The minimum atomic E-state index is -0.115. The zero-order chi connectivity index (χ0) is 21.8. The highest BCUT2D eigenvalue weighted by atomic mass is 16.5. The fourth-order valence-corrected chi connectivity index (χ4v) is 4.32. The molecule has 0 aliphatic carbocycles. The van der Waals surface area contributed by atoms with Gasteiger partial charge in [0.05, 0.1) is 19.9 Å². The summed E-state index contributed by atoms with van der Waals surface area (Å²) >= 11 is 0. The molecule has 0 radical (unpaired) electrons. The Morgan fingerprint density at radius 2 is 1.74 bits per heavy atom. The highest BCUT2D eigenvalue weighted by Crippen LogP contribution is 2.40. The molecule has 6 heteroatoms. The molecule has 4 rings (SSSR count). The van der Waals surface area contributed by atoms with Crippen LogP contribution in [0.5, 0.6) is 11.5 Å². The first-order valence-corrected chi connectivity index (χ1v) is 10.9. The van der Waals surface area contributed by atoms with E-state index in [0.29, 0.717) is 17.1 Å². The maximum absolute atomic E-state index is 12.6. The van der Waals surface area contributed by atoms with Gasteiger partial charge in [0.1, 0.15) is 0 Å². The van der Waals surface area contributed by atoms with Crippen molar-refractivity contribution in [2.75, 3.05) is 37.9 Å². The van der Waals surface area contributed by atoms with Crippen LogP contribution in [0.3, 0.4) is 0 Å². The predicted molar refractivity (Wildman–Crippen MR) is 125 cm³/mol. The van der Waals surface area contributed by atoms with E-state index in [4.69, 9.17) is 9.47 Å². The molecule has 0 aromatic heterocycles. The van der Waals surface area contributed by atoms with Gasteiger partial charge in [0.25, 0.3) is 5.91 Å². The number of carbonyl (C=O) groups is 1. The molecule has 1 unspecified atom stereocenters. The monoisotopic (exact) mass is 421 g/mol. The van der Waals surface area contributed by atoms with Gasteiger partial charge >= 0.3 is 0 Å². The highest BCUT2D eigenvalue weighted by Gasteiger charge is 2.27. The third-order valence-electron chi connectivity index (χ3n) is 5.93. The van der Waals surface area contributed by atoms with Crippen molar-refractivity contribution in [3.8, 4) is 11.5 Å². The van der Waals surface area contributed by atoms with E-state index < -0.39 is 0 Å². The number of nitrogens with one attached hydrogen (secondary N) is 2. The average Bonchev–Trinajstić information content (AvgIpc) is 3.08. The number of nitrogens with zero attached hydrogens (tertiary/aromatic N) is 1. The number of piperidine rings is 1. The van der Waals surface area contributed by atoms with Gasteiger partial charge in [-0.1, -0.05) is 18.6 Å². The molecule has 1 atom stereocenters. The fourth-order valence-electron chi connectivity index (χ4n) is 4.32. The van der Waals surface area contributed by atoms with Gasteiger partial charge < -0.3 is 20.1 Å². The molecule has 1 fully saturated rings. The Labute approximate surface area is 184 Å². The van der Waals surface area contributed by atoms with Crippen molar-refractivity contribution in [3.63, 3.8) is 0 Å². The second kappa shape index (κ2) is 9.43. The van der Waals surface area contributed by atoms with Crippen LogP contribution in [0.2, 0.25) is 0 Å². The molecule has 1 saturated heterocycles. The van der Waals surface area contributed by atoms with E-state index in [2.05, 4.69) is 39.8 Å². The molecule has 2 aliphatic rings. The van der Waals surface area contributed by atoms with Gasteiger partial charge in [0.2, 0.25) is 0 Å². The zero-order valence-corrected chi connectivity index (χ0v) is 18.5. The van der Waals surface area contributed by atoms with Crippen LogP contribution in [0, 0.1) is 0 Å². The molecule has 2 aromatic rings. The Bertz CT molecular complexity index is 963. The van der Waals surface area contributed by atoms with Crippen LogP contribution in [0.25, 0.3) is 5.57 Å². The van der Waals surface area contributed by atoms with Crippen molar-refractivity contribution in [2.45, 2.75) is 38.8 Å². The molecule has 2 heterocycles. The first kappa shape index (κ1) is 21.2. The van der Waals surface area contributed by atoms with Crippen molar-refractivity contribution in [1.29, 1.82) is 0 Å². The van der Waals surface area contributed by atoms with Gasteiger partial charge in [-0.05, 0) is 62.7 Å². The second-order valence-electron chi connectivity index (χ2n) is 8.25. The smallest absolute Gasteiger partial charge is 0.256 e. The second-order valence-corrected chi connectivity index (χ2v) is 8.25. The highest BCUT2D eigenvalue weighted by molar-refractivity contribution is 6.31. The minimum Gasteiger partial charge on any atom is -0.493 e. The molecular formula is C25H31N3O3. The van der Waals surface area contributed by atoms with Crippen molar-refractivity contribution in [2.24, 2.45) is 0 Å². The maximum Gasteiger partial charge on any atom is 0.256 e. The first-order chi connectivity index (χ1) is 15.1. The van der Waals surface area contributed by atoms with E-state index in [1.54, 1.807) is 20.3 Å². The first-order valence-electron chi connectivity index (χ1n) is 10.9. The van der Waals surface area contributed by atoms with Gasteiger partial charge in [-0.15, -0.1) is 0 Å². The third-order valence-corrected chi connectivity index (χ3v) is 5.93. The summed E-state index contributed by atoms with van der Waals surface area (Å²) in [5, 5.41) is 6.39. The summed E-state index contributed by atoms with van der Waals surface area (Å²) in [5.41, 5.74) is 4.58. The normalized spacial score (nSPS) is 18.4. The van der Waals surface area contributed by atoms with Crippen LogP contribution in [-0.2, 0) is 11.3 Å². The quantitative estimate of drug-likeness (QED) is 0.644. The van der Waals surface area contributed by atoms with Crippen molar-refractivity contribution >= 4 is 22.9 Å². The topological polar surface area (TPSA) is 62.8 Å². The lowest BCUT2D eigenvalue weighted by Gasteiger charge is -2.26. The molecule has 0 saturated carbocycles. The Balaban J connectivity index is 1.44. The Morgan fingerprint density at radius 1 is 1.06 bits per heavy atom. The molecule has 164 valence electrons. The summed E-state index contributed by atoms with van der Waals surface area (Å²) in [6.45, 7) is 5.46. The average molecular weight is 422 g/mol. The SMILES string of the molecule is COc1cc2c(cc1OC)C(=CC(C)Nc1ccc(CN3CCCCC3)cc1)C(=O)N2. The van der Waals surface area contributed by atoms with E-state index in [9.17, 15) is 4.79 Å². The largest absolute Gasteiger partial charge is 0.493 e. The summed E-state index contributed by atoms with van der Waals surface area (Å²) in [4.78, 5) is 15.1. The van der Waals surface area contributed by atoms with Crippen LogP contribution in [0.4, 0.5) is 11.4 Å². The molecule has 31 heavy (non-hydrogen) atoms. The number of methoxy groups -OCH3 is 2. The number of amides is 1. The van der Waals surface area contributed by atoms with E-state index in [1.165, 1.54) is 37.9 Å². The molecule has 2 aliphatic heterocycles. The third kappa shape index (κ3) is 4.85. The summed E-state index contributed by atoms with van der Waals surface area (Å²) in [7, 11) is 3.18. The van der Waals surface area contributed by atoms with Crippen LogP contribution >= 0.6 is 0 Å². The molecule has 0 spiro atoms. The number of hydrogen-bond donors (Lipinski definition) is 2. The van der Waals surface area contributed by atoms with Crippen molar-refractivity contribution in [1.82, 2.24) is 4.90 Å². The van der Waals surface area contributed by atoms with Crippen LogP contribution in [0.15, 0.2) is 42.5 Å². The molecular weight excluding hydrogens is 390 g/mol. The summed E-state index contributed by atoms with van der Waals surface area (Å²) in [6.07, 6.45) is 5.92. The van der Waals surface area contributed by atoms with Gasteiger partial charge in [-0.2, -0.15) is 0 Å². The number of anilines is 2. The number of benzene rings is 2. The van der Waals surface area contributed by atoms with Gasteiger partial charge in [-0.25, -0.2) is 0 Å². The standard InChI is InChI=1S/C25H31N3O3/c1-17(26-19-9-7-18(8-10-19)16-28-11-5-4-6-12-28)13-21-20-14-23(30-2)24(31-3)15-22(20)27-25(21)29/h7-10,13-15,17,26H,4-6,11-12,16H2,1-3H3,(H,27,29). The Hall–Kier alpha value is -2.99. The maximum atomic E-state index is 12.6. The minimum absolute atomic E-state index is 0.0206. The lowest BCUT2D eigenvalue weighted by atomic mass is 10.0. The van der Waals surface area contributed by atoms with E-state index in [0.717, 1.165) is 23.5 Å². The van der Waals surface area contributed by atoms with E-state index in [-0.39, 0.29) is 11.9 Å². The van der Waals surface area contributed by atoms with Crippen LogP contribution in [0.1, 0.15) is 37.3 Å². The molecule has 0 bridgehead atoms. The van der Waals surface area contributed by atoms with Crippen molar-refractivity contribution < 1.29 is 14.3 Å². The predicted octanol–water partition coefficient (Wildman–Crippen LogP) is 4.53. The summed E-state index contributed by atoms with van der Waals surface area (Å²) in [6, 6.07) is 12.2. The number of ether oxygens (including phenoxy) is 2. The summed E-state index contributed by atoms with van der Waals surface area (Å²) < 4.78 is 10.7. The molecule has 6 nitrogen and oxygen atoms in total. The van der Waals surface area contributed by atoms with Gasteiger partial charge in [0.15, 0.2) is 11.5 Å². The Morgan fingerprint density at radius 3 is 2.42 bits per heavy atom. The van der Waals surface area contributed by atoms with Crippen molar-refractivity contribution in [3.05, 3.63) is 53.6 Å². The Kier molecular flexibility index (Phi) is 6.47. The number of carbonyl (C=O) groups excluding carboxylic acids is 1. The van der Waals surface area contributed by atoms with Crippen LogP contribution in [-0.4, -0.2) is 44.2 Å². The lowest BCUT2D eigenvalue weighted by molar-refractivity contribution is -0.110. The van der Waals surface area contributed by atoms with E-state index in [1.807, 2.05) is 19.1 Å². The number of rotatable bonds is 7. The van der Waals surface area contributed by atoms with E-state index >= 15 is 0 Å². The number of fused-ring (bicyclic) bond motifs is 1. The zero-order valence-electron chi connectivity index (χ0n) is 18.5. The molecule has 2 aromatic carbocycles. The molecule has 2 N–H and O–H groups in total. The van der Waals surface area contributed by atoms with Gasteiger partial charge in [-0.3, -0.25) is 9.69 Å².